The van der Waals surface area contributed by atoms with Crippen molar-refractivity contribution in [3.8, 4) is 0 Å². The number of rotatable bonds is 13. The van der Waals surface area contributed by atoms with E-state index in [0.29, 0.717) is 6.42 Å². The van der Waals surface area contributed by atoms with E-state index in [1.165, 1.54) is 0 Å². The molecule has 13 nitrogen and oxygen atoms in total. The summed E-state index contributed by atoms with van der Waals surface area (Å²) < 4.78 is 27.1. The van der Waals surface area contributed by atoms with Crippen molar-refractivity contribution in [2.75, 3.05) is 19.8 Å². The second kappa shape index (κ2) is 14.7. The highest BCUT2D eigenvalue weighted by Crippen LogP contribution is 2.27. The van der Waals surface area contributed by atoms with E-state index in [4.69, 9.17) is 23.7 Å². The van der Waals surface area contributed by atoms with Crippen LogP contribution in [0.15, 0.2) is 0 Å². The van der Waals surface area contributed by atoms with E-state index in [0.717, 1.165) is 19.3 Å². The van der Waals surface area contributed by atoms with Crippen molar-refractivity contribution in [2.24, 2.45) is 0 Å². The van der Waals surface area contributed by atoms with Crippen molar-refractivity contribution in [1.82, 2.24) is 0 Å². The standard InChI is InChI=1S/C22H40O13/c1-3-5-6-7-11(8-14(24)31-4-2)33-22-20(30)18(28)16(26)13(35-22)10-32-21-19(29)17(27)15(25)12(9-23)34-21/h11-13,15-23,25-30H,3-10H2,1-2H3/t11?,12-,13-,15-,16-,17+,18+,19-,20-,21-,22-/m1/s1. The molecule has 35 heavy (non-hydrogen) atoms. The Morgan fingerprint density at radius 2 is 1.43 bits per heavy atom. The minimum absolute atomic E-state index is 0.0885. The van der Waals surface area contributed by atoms with Crippen LogP contribution in [0.3, 0.4) is 0 Å². The van der Waals surface area contributed by atoms with Gasteiger partial charge >= 0.3 is 5.97 Å². The molecule has 0 spiro atoms. The summed E-state index contributed by atoms with van der Waals surface area (Å²) in [6.45, 7) is 2.79. The molecule has 206 valence electrons. The van der Waals surface area contributed by atoms with E-state index in [-0.39, 0.29) is 13.0 Å². The van der Waals surface area contributed by atoms with E-state index in [1.54, 1.807) is 6.92 Å². The van der Waals surface area contributed by atoms with Crippen molar-refractivity contribution in [2.45, 2.75) is 113 Å². The predicted molar refractivity (Wildman–Crippen MR) is 117 cm³/mol. The zero-order valence-electron chi connectivity index (χ0n) is 20.1. The lowest BCUT2D eigenvalue weighted by molar-refractivity contribution is -0.336. The zero-order valence-corrected chi connectivity index (χ0v) is 20.1. The van der Waals surface area contributed by atoms with E-state index in [1.807, 2.05) is 6.92 Å². The van der Waals surface area contributed by atoms with Gasteiger partial charge in [-0.1, -0.05) is 26.2 Å². The number of aliphatic hydroxyl groups excluding tert-OH is 7. The average molecular weight is 513 g/mol. The molecule has 7 N–H and O–H groups in total. The number of hydrogen-bond donors (Lipinski definition) is 7. The highest BCUT2D eigenvalue weighted by molar-refractivity contribution is 5.69. The summed E-state index contributed by atoms with van der Waals surface area (Å²) in [7, 11) is 0. The Hall–Kier alpha value is -0.970. The number of esters is 1. The molecule has 0 aromatic carbocycles. The van der Waals surface area contributed by atoms with E-state index >= 15 is 0 Å². The summed E-state index contributed by atoms with van der Waals surface area (Å²) in [5.74, 6) is -0.484. The molecule has 2 rings (SSSR count). The van der Waals surface area contributed by atoms with Gasteiger partial charge in [0.05, 0.1) is 32.3 Å². The van der Waals surface area contributed by atoms with Crippen molar-refractivity contribution in [1.29, 1.82) is 0 Å². The van der Waals surface area contributed by atoms with Crippen molar-refractivity contribution in [3.63, 3.8) is 0 Å². The van der Waals surface area contributed by atoms with Gasteiger partial charge in [-0.3, -0.25) is 4.79 Å². The molecule has 0 aliphatic carbocycles. The molecule has 0 bridgehead atoms. The molecular weight excluding hydrogens is 472 g/mol. The second-order valence-corrected chi connectivity index (χ2v) is 8.81. The smallest absolute Gasteiger partial charge is 0.308 e. The lowest BCUT2D eigenvalue weighted by Crippen LogP contribution is -2.62. The Bertz CT molecular complexity index is 620. The van der Waals surface area contributed by atoms with Crippen LogP contribution in [-0.2, 0) is 28.5 Å². The van der Waals surface area contributed by atoms with Crippen LogP contribution in [0.5, 0.6) is 0 Å². The number of ether oxygens (including phenoxy) is 5. The molecule has 2 aliphatic rings. The van der Waals surface area contributed by atoms with Gasteiger partial charge in [0, 0.05) is 0 Å². The minimum atomic E-state index is -1.67. The lowest BCUT2D eigenvalue weighted by Gasteiger charge is -2.43. The van der Waals surface area contributed by atoms with Crippen LogP contribution in [0.1, 0.15) is 46.0 Å². The van der Waals surface area contributed by atoms with E-state index in [2.05, 4.69) is 0 Å². The van der Waals surface area contributed by atoms with Gasteiger partial charge in [0.1, 0.15) is 48.8 Å². The second-order valence-electron chi connectivity index (χ2n) is 8.81. The summed E-state index contributed by atoms with van der Waals surface area (Å²) in [6.07, 6.45) is -12.8. The number of carbonyl (C=O) groups excluding carboxylic acids is 1. The molecule has 2 heterocycles. The van der Waals surface area contributed by atoms with Gasteiger partial charge in [-0.05, 0) is 13.3 Å². The molecule has 13 heteroatoms. The van der Waals surface area contributed by atoms with Gasteiger partial charge in [-0.15, -0.1) is 0 Å². The van der Waals surface area contributed by atoms with Crippen molar-refractivity contribution < 1.29 is 64.2 Å². The summed E-state index contributed by atoms with van der Waals surface area (Å²) in [5, 5.41) is 70.2. The molecule has 0 aromatic rings. The normalized spacial score (nSPS) is 38.8. The van der Waals surface area contributed by atoms with Gasteiger partial charge in [0.15, 0.2) is 12.6 Å². The first kappa shape index (κ1) is 30.3. The Morgan fingerprint density at radius 1 is 0.829 bits per heavy atom. The first-order valence-corrected chi connectivity index (χ1v) is 12.1. The monoisotopic (exact) mass is 512 g/mol. The molecule has 0 radical (unpaired) electrons. The Balaban J connectivity index is 2.03. The molecule has 1 unspecified atom stereocenters. The molecule has 0 amide bonds. The summed E-state index contributed by atoms with van der Waals surface area (Å²) in [6, 6.07) is 0. The van der Waals surface area contributed by atoms with E-state index in [9.17, 15) is 40.5 Å². The Labute approximate surface area is 204 Å². The summed E-state index contributed by atoms with van der Waals surface area (Å²) in [4.78, 5) is 12.0. The molecule has 0 saturated carbocycles. The molecule has 0 aromatic heterocycles. The fourth-order valence-corrected chi connectivity index (χ4v) is 4.00. The fourth-order valence-electron chi connectivity index (χ4n) is 4.00. The third-order valence-electron chi connectivity index (χ3n) is 6.10. The lowest BCUT2D eigenvalue weighted by atomic mass is 9.98. The van der Waals surface area contributed by atoms with Crippen LogP contribution in [-0.4, -0.2) is 129 Å². The number of unbranched alkanes of at least 4 members (excludes halogenated alkanes) is 2. The average Bonchev–Trinajstić information content (AvgIpc) is 2.83. The molecular formula is C22H40O13. The first-order chi connectivity index (χ1) is 16.6. The van der Waals surface area contributed by atoms with Crippen LogP contribution in [0.2, 0.25) is 0 Å². The SMILES string of the molecule is CCCCCC(CC(=O)OCC)O[C@@H]1O[C@H](CO[C@@H]2O[C@H](CO)[C@@H](O)[C@H](O)[C@H]2O)[C@@H](O)[C@H](O)[C@H]1O. The summed E-state index contributed by atoms with van der Waals surface area (Å²) in [5.41, 5.74) is 0. The molecule has 2 fully saturated rings. The van der Waals surface area contributed by atoms with Crippen molar-refractivity contribution in [3.05, 3.63) is 0 Å². The maximum Gasteiger partial charge on any atom is 0.308 e. The van der Waals surface area contributed by atoms with E-state index < -0.39 is 86.7 Å². The highest BCUT2D eigenvalue weighted by atomic mass is 16.7. The van der Waals surface area contributed by atoms with Crippen LogP contribution < -0.4 is 0 Å². The number of hydrogen-bond acceptors (Lipinski definition) is 13. The Morgan fingerprint density at radius 3 is 2.03 bits per heavy atom. The predicted octanol–water partition coefficient (Wildman–Crippen LogP) is -2.47. The van der Waals surface area contributed by atoms with Crippen LogP contribution >= 0.6 is 0 Å². The fraction of sp³-hybridized carbons (Fsp3) is 0.955. The quantitative estimate of drug-likeness (QED) is 0.101. The molecule has 11 atom stereocenters. The van der Waals surface area contributed by atoms with Crippen LogP contribution in [0.25, 0.3) is 0 Å². The number of aliphatic hydroxyl groups is 7. The Kier molecular flexibility index (Phi) is 12.7. The minimum Gasteiger partial charge on any atom is -0.466 e. The topological polar surface area (TPSA) is 205 Å². The summed E-state index contributed by atoms with van der Waals surface area (Å²) >= 11 is 0. The molecule has 2 aliphatic heterocycles. The molecule has 2 saturated heterocycles. The number of carbonyl (C=O) groups is 1. The van der Waals surface area contributed by atoms with Crippen LogP contribution in [0, 0.1) is 0 Å². The van der Waals surface area contributed by atoms with Gasteiger partial charge in [0.25, 0.3) is 0 Å². The highest BCUT2D eigenvalue weighted by Gasteiger charge is 2.48. The third-order valence-corrected chi connectivity index (χ3v) is 6.10. The maximum absolute atomic E-state index is 12.0. The third kappa shape index (κ3) is 8.27. The van der Waals surface area contributed by atoms with Gasteiger partial charge in [0.2, 0.25) is 0 Å². The van der Waals surface area contributed by atoms with Gasteiger partial charge in [-0.25, -0.2) is 0 Å². The van der Waals surface area contributed by atoms with Gasteiger partial charge < -0.3 is 59.4 Å². The van der Waals surface area contributed by atoms with Crippen molar-refractivity contribution >= 4 is 5.97 Å². The first-order valence-electron chi connectivity index (χ1n) is 12.1. The largest absolute Gasteiger partial charge is 0.466 e. The zero-order chi connectivity index (χ0) is 26.1. The van der Waals surface area contributed by atoms with Crippen LogP contribution in [0.4, 0.5) is 0 Å². The maximum atomic E-state index is 12.0. The van der Waals surface area contributed by atoms with Gasteiger partial charge in [-0.2, -0.15) is 0 Å².